The number of hydrogen-bond acceptors (Lipinski definition) is 2. The lowest BCUT2D eigenvalue weighted by molar-refractivity contribution is 0.350. The Morgan fingerprint density at radius 3 is 2.59 bits per heavy atom. The summed E-state index contributed by atoms with van der Waals surface area (Å²) in [5.41, 5.74) is 2.31. The van der Waals surface area contributed by atoms with Gasteiger partial charge in [0, 0.05) is 11.3 Å². The Hall–Kier alpha value is -0.910. The van der Waals surface area contributed by atoms with Crippen molar-refractivity contribution in [2.75, 3.05) is 12.4 Å². The summed E-state index contributed by atoms with van der Waals surface area (Å²) in [5.74, 6) is 8.64. The first-order valence-corrected chi connectivity index (χ1v) is 7.18. The van der Waals surface area contributed by atoms with E-state index in [0.29, 0.717) is 0 Å². The molecule has 2 heteroatoms. The zero-order valence-corrected chi connectivity index (χ0v) is 11.4. The van der Waals surface area contributed by atoms with E-state index < -0.39 is 0 Å². The van der Waals surface area contributed by atoms with Crippen LogP contribution in [0.2, 0.25) is 0 Å². The average molecular weight is 248 g/mol. The minimum Gasteiger partial charge on any atom is -0.384 e. The smallest absolute Gasteiger partial charge is 0.104 e. The lowest BCUT2D eigenvalue weighted by Gasteiger charge is -2.07. The van der Waals surface area contributed by atoms with Gasteiger partial charge in [-0.1, -0.05) is 44.2 Å². The summed E-state index contributed by atoms with van der Waals surface area (Å²) in [6.07, 6.45) is 1.25. The summed E-state index contributed by atoms with van der Waals surface area (Å²) in [6.45, 7) is 4.45. The molecule has 0 saturated carbocycles. The quantitative estimate of drug-likeness (QED) is 0.807. The molecule has 0 heterocycles. The van der Waals surface area contributed by atoms with Crippen LogP contribution in [0.1, 0.15) is 31.4 Å². The Morgan fingerprint density at radius 2 is 2.00 bits per heavy atom. The minimum absolute atomic E-state index is 0.0769. The molecule has 1 atom stereocenters. The molecule has 0 aliphatic carbocycles. The van der Waals surface area contributed by atoms with E-state index in [1.807, 2.05) is 23.9 Å². The molecule has 0 fully saturated rings. The van der Waals surface area contributed by atoms with Crippen molar-refractivity contribution < 1.29 is 5.11 Å². The highest BCUT2D eigenvalue weighted by atomic mass is 32.2. The fourth-order valence-electron chi connectivity index (χ4n) is 1.32. The van der Waals surface area contributed by atoms with E-state index >= 15 is 0 Å². The molecule has 0 radical (unpaired) electrons. The molecule has 1 unspecified atom stereocenters. The van der Waals surface area contributed by atoms with Crippen LogP contribution < -0.4 is 0 Å². The Bertz CT molecular complexity index is 372. The molecule has 1 aromatic carbocycles. The van der Waals surface area contributed by atoms with Crippen LogP contribution in [0.4, 0.5) is 0 Å². The summed E-state index contributed by atoms with van der Waals surface area (Å²) < 4.78 is 0. The van der Waals surface area contributed by atoms with Crippen LogP contribution in [-0.4, -0.2) is 17.5 Å². The van der Waals surface area contributed by atoms with Crippen molar-refractivity contribution in [2.45, 2.75) is 26.0 Å². The second kappa shape index (κ2) is 8.22. The largest absolute Gasteiger partial charge is 0.384 e. The van der Waals surface area contributed by atoms with Crippen LogP contribution in [0.5, 0.6) is 0 Å². The second-order valence-corrected chi connectivity index (χ2v) is 5.22. The zero-order chi connectivity index (χ0) is 12.5. The third-order valence-corrected chi connectivity index (χ3v) is 3.98. The number of rotatable bonds is 5. The molecule has 0 aliphatic heterocycles. The lowest BCUT2D eigenvalue weighted by Crippen LogP contribution is -1.95. The number of aliphatic hydroxyl groups is 1. The van der Waals surface area contributed by atoms with Crippen molar-refractivity contribution in [3.63, 3.8) is 0 Å². The van der Waals surface area contributed by atoms with Crippen LogP contribution in [0.3, 0.4) is 0 Å². The average Bonchev–Trinajstić information content (AvgIpc) is 2.37. The molecule has 1 aromatic rings. The first-order chi connectivity index (χ1) is 8.26. The summed E-state index contributed by atoms with van der Waals surface area (Å²) in [6, 6.07) is 8.26. The first-order valence-electron chi connectivity index (χ1n) is 6.02. The van der Waals surface area contributed by atoms with Gasteiger partial charge >= 0.3 is 0 Å². The Kier molecular flexibility index (Phi) is 6.84. The molecule has 0 amide bonds. The van der Waals surface area contributed by atoms with Gasteiger partial charge in [0.15, 0.2) is 0 Å². The molecular formula is C15H20OS. The molecular weight excluding hydrogens is 228 g/mol. The number of benzene rings is 1. The summed E-state index contributed by atoms with van der Waals surface area (Å²) in [5, 5.41) is 8.60. The topological polar surface area (TPSA) is 20.2 Å². The predicted octanol–water partition coefficient (Wildman–Crippen LogP) is 3.31. The Balaban J connectivity index is 2.40. The van der Waals surface area contributed by atoms with Gasteiger partial charge in [0.2, 0.25) is 0 Å². The van der Waals surface area contributed by atoms with Gasteiger partial charge in [-0.15, -0.1) is 0 Å². The second-order valence-electron chi connectivity index (χ2n) is 4.19. The van der Waals surface area contributed by atoms with Gasteiger partial charge in [-0.2, -0.15) is 11.8 Å². The van der Waals surface area contributed by atoms with Crippen molar-refractivity contribution in [3.8, 4) is 11.8 Å². The molecule has 1 N–H and O–H groups in total. The van der Waals surface area contributed by atoms with Gasteiger partial charge in [0.25, 0.3) is 0 Å². The van der Waals surface area contributed by atoms with Gasteiger partial charge in [-0.3, -0.25) is 0 Å². The van der Waals surface area contributed by atoms with E-state index in [0.717, 1.165) is 17.2 Å². The van der Waals surface area contributed by atoms with E-state index in [2.05, 4.69) is 37.8 Å². The lowest BCUT2D eigenvalue weighted by atomic mass is 10.1. The van der Waals surface area contributed by atoms with E-state index in [-0.39, 0.29) is 6.61 Å². The number of hydrogen-bond donors (Lipinski definition) is 1. The zero-order valence-electron chi connectivity index (χ0n) is 10.6. The van der Waals surface area contributed by atoms with E-state index in [4.69, 9.17) is 5.11 Å². The predicted molar refractivity (Wildman–Crippen MR) is 76.0 cm³/mol. The Morgan fingerprint density at radius 1 is 1.29 bits per heavy atom. The molecule has 1 nitrogen and oxygen atoms in total. The maximum atomic E-state index is 8.60. The van der Waals surface area contributed by atoms with Crippen molar-refractivity contribution in [2.24, 2.45) is 5.92 Å². The third kappa shape index (κ3) is 5.81. The first kappa shape index (κ1) is 14.2. The van der Waals surface area contributed by atoms with Crippen LogP contribution >= 0.6 is 11.8 Å². The van der Waals surface area contributed by atoms with Crippen molar-refractivity contribution >= 4 is 11.8 Å². The minimum atomic E-state index is -0.0769. The van der Waals surface area contributed by atoms with Gasteiger partial charge in [0.1, 0.15) is 6.61 Å². The number of aliphatic hydroxyl groups excluding tert-OH is 1. The van der Waals surface area contributed by atoms with Gasteiger partial charge < -0.3 is 5.11 Å². The van der Waals surface area contributed by atoms with Crippen LogP contribution in [0, 0.1) is 17.8 Å². The van der Waals surface area contributed by atoms with E-state index in [1.165, 1.54) is 17.7 Å². The van der Waals surface area contributed by atoms with Crippen LogP contribution in [0.25, 0.3) is 0 Å². The van der Waals surface area contributed by atoms with Crippen molar-refractivity contribution in [3.05, 3.63) is 35.4 Å². The summed E-state index contributed by atoms with van der Waals surface area (Å²) in [4.78, 5) is 0. The fraction of sp³-hybridized carbons (Fsp3) is 0.467. The van der Waals surface area contributed by atoms with Gasteiger partial charge in [-0.25, -0.2) is 0 Å². The van der Waals surface area contributed by atoms with E-state index in [1.54, 1.807) is 0 Å². The summed E-state index contributed by atoms with van der Waals surface area (Å²) >= 11 is 1.99. The van der Waals surface area contributed by atoms with E-state index in [9.17, 15) is 0 Å². The third-order valence-electron chi connectivity index (χ3n) is 2.63. The molecule has 0 bridgehead atoms. The maximum absolute atomic E-state index is 8.60. The maximum Gasteiger partial charge on any atom is 0.104 e. The van der Waals surface area contributed by atoms with Crippen molar-refractivity contribution in [1.82, 2.24) is 0 Å². The van der Waals surface area contributed by atoms with Crippen molar-refractivity contribution in [1.29, 1.82) is 0 Å². The summed E-state index contributed by atoms with van der Waals surface area (Å²) in [7, 11) is 0. The van der Waals surface area contributed by atoms with Gasteiger partial charge in [0.05, 0.1) is 0 Å². The highest BCUT2D eigenvalue weighted by molar-refractivity contribution is 7.98. The highest BCUT2D eigenvalue weighted by Gasteiger charge is 1.99. The van der Waals surface area contributed by atoms with Gasteiger partial charge in [-0.05, 0) is 29.4 Å². The number of thioether (sulfide) groups is 1. The molecule has 92 valence electrons. The molecule has 0 aliphatic rings. The molecule has 17 heavy (non-hydrogen) atoms. The fourth-order valence-corrected chi connectivity index (χ4v) is 2.51. The molecule has 0 aromatic heterocycles. The normalized spacial score (nSPS) is 11.7. The highest BCUT2D eigenvalue weighted by Crippen LogP contribution is 2.17. The van der Waals surface area contributed by atoms with Crippen LogP contribution in [0.15, 0.2) is 24.3 Å². The standard InChI is InChI=1S/C15H20OS/c1-3-13(2)11-17-12-15-8-6-14(7-9-15)5-4-10-16/h6-9,13,16H,3,10-12H2,1-2H3. The Labute approximate surface area is 109 Å². The monoisotopic (exact) mass is 248 g/mol. The molecule has 1 rings (SSSR count). The molecule has 0 saturated heterocycles. The SMILES string of the molecule is CCC(C)CSCc1ccc(C#CCO)cc1. The van der Waals surface area contributed by atoms with Crippen LogP contribution in [-0.2, 0) is 5.75 Å². The molecule has 0 spiro atoms.